The van der Waals surface area contributed by atoms with Gasteiger partial charge in [-0.3, -0.25) is 9.59 Å². The number of halogens is 1. The van der Waals surface area contributed by atoms with Crippen molar-refractivity contribution in [3.8, 4) is 11.5 Å². The Balaban J connectivity index is 1.51. The topological polar surface area (TPSA) is 128 Å². The quantitative estimate of drug-likeness (QED) is 0.341. The molecule has 5 heterocycles. The van der Waals surface area contributed by atoms with E-state index in [9.17, 15) is 14.0 Å². The number of hydrogen-bond acceptors (Lipinski definition) is 9. The maximum absolute atomic E-state index is 14.4. The second-order valence-corrected chi connectivity index (χ2v) is 10.0. The summed E-state index contributed by atoms with van der Waals surface area (Å²) in [7, 11) is 0. The molecule has 0 fully saturated rings. The summed E-state index contributed by atoms with van der Waals surface area (Å²) < 4.78 is 16.0. The highest BCUT2D eigenvalue weighted by Crippen LogP contribution is 2.40. The molecule has 10 nitrogen and oxygen atoms in total. The van der Waals surface area contributed by atoms with Crippen molar-refractivity contribution in [2.75, 3.05) is 5.32 Å². The molecule has 37 heavy (non-hydrogen) atoms. The van der Waals surface area contributed by atoms with Crippen molar-refractivity contribution in [2.24, 2.45) is 0 Å². The Hall–Kier alpha value is -4.45. The first kappa shape index (κ1) is 23.0. The first-order chi connectivity index (χ1) is 17.8. The van der Waals surface area contributed by atoms with Gasteiger partial charge in [-0.1, -0.05) is 18.2 Å². The SMILES string of the molecule is CC1(C)C(=O)Nc2nc(-c3nn(Cc4ccccc4F)c4ncccc34)nc(C(=O)Cc3nncs3)c21. The zero-order valence-electron chi connectivity index (χ0n) is 19.8. The lowest BCUT2D eigenvalue weighted by atomic mass is 9.84. The molecule has 12 heteroatoms. The van der Waals surface area contributed by atoms with Crippen molar-refractivity contribution in [3.63, 3.8) is 0 Å². The van der Waals surface area contributed by atoms with Crippen LogP contribution in [0.5, 0.6) is 0 Å². The van der Waals surface area contributed by atoms with E-state index in [0.717, 1.165) is 0 Å². The Morgan fingerprint density at radius 1 is 1.16 bits per heavy atom. The molecule has 1 N–H and O–H groups in total. The number of ketones is 1. The summed E-state index contributed by atoms with van der Waals surface area (Å²) in [5.41, 5.74) is 2.43. The molecule has 1 aliphatic rings. The summed E-state index contributed by atoms with van der Waals surface area (Å²) in [4.78, 5) is 39.9. The molecule has 0 saturated heterocycles. The molecule has 0 aliphatic carbocycles. The van der Waals surface area contributed by atoms with Crippen LogP contribution >= 0.6 is 11.3 Å². The number of carbonyl (C=O) groups is 2. The maximum atomic E-state index is 14.4. The molecule has 0 unspecified atom stereocenters. The van der Waals surface area contributed by atoms with Crippen LogP contribution in [0, 0.1) is 5.82 Å². The Kier molecular flexibility index (Phi) is 5.33. The molecule has 0 saturated carbocycles. The second-order valence-electron chi connectivity index (χ2n) is 9.10. The molecule has 0 bridgehead atoms. The van der Waals surface area contributed by atoms with Crippen LogP contribution in [0.4, 0.5) is 10.2 Å². The number of aromatic nitrogens is 7. The number of nitrogens with one attached hydrogen (secondary N) is 1. The molecule has 1 aromatic carbocycles. The molecule has 1 aliphatic heterocycles. The van der Waals surface area contributed by atoms with E-state index >= 15 is 0 Å². The monoisotopic (exact) mass is 514 g/mol. The lowest BCUT2D eigenvalue weighted by Gasteiger charge is -2.17. The van der Waals surface area contributed by atoms with E-state index < -0.39 is 5.41 Å². The van der Waals surface area contributed by atoms with E-state index in [2.05, 4.69) is 35.6 Å². The molecule has 0 spiro atoms. The van der Waals surface area contributed by atoms with E-state index in [1.54, 1.807) is 54.5 Å². The van der Waals surface area contributed by atoms with Crippen LogP contribution in [0.3, 0.4) is 0 Å². The Morgan fingerprint density at radius 3 is 2.78 bits per heavy atom. The molecular weight excluding hydrogens is 495 g/mol. The van der Waals surface area contributed by atoms with Gasteiger partial charge in [0.05, 0.1) is 23.8 Å². The van der Waals surface area contributed by atoms with Crippen LogP contribution in [-0.4, -0.2) is 46.6 Å². The predicted octanol–water partition coefficient (Wildman–Crippen LogP) is 3.58. The van der Waals surface area contributed by atoms with Gasteiger partial charge in [-0.2, -0.15) is 5.10 Å². The average Bonchev–Trinajstić information content (AvgIpc) is 3.58. The number of benzene rings is 1. The van der Waals surface area contributed by atoms with Crippen molar-refractivity contribution in [1.82, 2.24) is 34.9 Å². The third kappa shape index (κ3) is 3.85. The number of Topliss-reactive ketones (excluding diaryl/α,β-unsaturated/α-hetero) is 1. The van der Waals surface area contributed by atoms with Gasteiger partial charge < -0.3 is 5.32 Å². The largest absolute Gasteiger partial charge is 0.310 e. The average molecular weight is 515 g/mol. The first-order valence-corrected chi connectivity index (χ1v) is 12.3. The highest BCUT2D eigenvalue weighted by Gasteiger charge is 2.44. The summed E-state index contributed by atoms with van der Waals surface area (Å²) in [6.45, 7) is 3.58. The van der Waals surface area contributed by atoms with E-state index in [1.807, 2.05) is 6.07 Å². The van der Waals surface area contributed by atoms with Crippen molar-refractivity contribution >= 4 is 39.9 Å². The Labute approximate surface area is 213 Å². The minimum atomic E-state index is -1.01. The molecule has 0 atom stereocenters. The number of hydrogen-bond donors (Lipinski definition) is 1. The molecule has 6 rings (SSSR count). The van der Waals surface area contributed by atoms with E-state index in [1.165, 1.54) is 17.4 Å². The molecule has 1 amide bonds. The lowest BCUT2D eigenvalue weighted by Crippen LogP contribution is -2.29. The zero-order chi connectivity index (χ0) is 25.7. The molecular formula is C25H19FN8O2S. The van der Waals surface area contributed by atoms with Crippen LogP contribution in [0.25, 0.3) is 22.6 Å². The molecule has 0 radical (unpaired) electrons. The van der Waals surface area contributed by atoms with E-state index in [-0.39, 0.29) is 47.8 Å². The number of rotatable bonds is 6. The summed E-state index contributed by atoms with van der Waals surface area (Å²) in [6.07, 6.45) is 1.61. The number of amides is 1. The Morgan fingerprint density at radius 2 is 2.00 bits per heavy atom. The second kappa shape index (κ2) is 8.59. The van der Waals surface area contributed by atoms with E-state index in [4.69, 9.17) is 0 Å². The van der Waals surface area contributed by atoms with Crippen molar-refractivity contribution in [1.29, 1.82) is 0 Å². The molecule has 184 valence electrons. The third-order valence-electron chi connectivity index (χ3n) is 6.31. The van der Waals surface area contributed by atoms with Gasteiger partial charge >= 0.3 is 0 Å². The van der Waals surface area contributed by atoms with Crippen LogP contribution in [-0.2, 0) is 23.2 Å². The lowest BCUT2D eigenvalue weighted by molar-refractivity contribution is -0.119. The summed E-state index contributed by atoms with van der Waals surface area (Å²) >= 11 is 1.26. The summed E-state index contributed by atoms with van der Waals surface area (Å²) in [5, 5.41) is 16.4. The van der Waals surface area contributed by atoms with Crippen molar-refractivity contribution < 1.29 is 14.0 Å². The fourth-order valence-corrected chi connectivity index (χ4v) is 4.92. The fraction of sp³-hybridized carbons (Fsp3) is 0.200. The smallest absolute Gasteiger partial charge is 0.235 e. The van der Waals surface area contributed by atoms with Gasteiger partial charge in [0.25, 0.3) is 0 Å². The van der Waals surface area contributed by atoms with Gasteiger partial charge in [-0.15, -0.1) is 21.5 Å². The minimum Gasteiger partial charge on any atom is -0.310 e. The number of fused-ring (bicyclic) bond motifs is 2. The van der Waals surface area contributed by atoms with Crippen LogP contribution < -0.4 is 5.32 Å². The van der Waals surface area contributed by atoms with Gasteiger partial charge in [0.2, 0.25) is 5.91 Å². The maximum Gasteiger partial charge on any atom is 0.235 e. The first-order valence-electron chi connectivity index (χ1n) is 11.4. The predicted molar refractivity (Wildman–Crippen MR) is 134 cm³/mol. The minimum absolute atomic E-state index is 0.0120. The Bertz CT molecular complexity index is 1700. The zero-order valence-corrected chi connectivity index (χ0v) is 20.6. The summed E-state index contributed by atoms with van der Waals surface area (Å²) in [5.74, 6) is -0.527. The number of nitrogens with zero attached hydrogens (tertiary/aromatic N) is 7. The standard InChI is InChI=1S/C25H19FN8O2S/c1-25(2)18-20(16(35)10-17-32-28-12-37-17)29-22(30-21(18)31-24(25)36)19-14-7-5-9-27-23(14)34(33-19)11-13-6-3-4-8-15(13)26/h3-9,12H,10-11H2,1-2H3,(H,29,30,31,36). The molecule has 4 aromatic heterocycles. The van der Waals surface area contributed by atoms with E-state index in [0.29, 0.717) is 32.9 Å². The van der Waals surface area contributed by atoms with Crippen molar-refractivity contribution in [2.45, 2.75) is 32.2 Å². The number of pyridine rings is 1. The van der Waals surface area contributed by atoms with Gasteiger partial charge in [0, 0.05) is 17.3 Å². The third-order valence-corrected chi connectivity index (χ3v) is 7.01. The summed E-state index contributed by atoms with van der Waals surface area (Å²) in [6, 6.07) is 10.0. The van der Waals surface area contributed by atoms with Crippen LogP contribution in [0.2, 0.25) is 0 Å². The normalized spacial score (nSPS) is 14.1. The van der Waals surface area contributed by atoms with Gasteiger partial charge in [0.15, 0.2) is 17.3 Å². The van der Waals surface area contributed by atoms with Gasteiger partial charge in [0.1, 0.15) is 33.5 Å². The van der Waals surface area contributed by atoms with Gasteiger partial charge in [-0.25, -0.2) is 24.0 Å². The van der Waals surface area contributed by atoms with Crippen molar-refractivity contribution in [3.05, 3.63) is 75.8 Å². The highest BCUT2D eigenvalue weighted by atomic mass is 32.1. The molecule has 5 aromatic rings. The number of anilines is 1. The number of carbonyl (C=O) groups excluding carboxylic acids is 2. The van der Waals surface area contributed by atoms with Gasteiger partial charge in [-0.05, 0) is 32.0 Å². The fourth-order valence-electron chi connectivity index (χ4n) is 4.40. The van der Waals surface area contributed by atoms with Crippen LogP contribution in [0.1, 0.15) is 40.5 Å². The highest BCUT2D eigenvalue weighted by molar-refractivity contribution is 7.09. The van der Waals surface area contributed by atoms with Crippen LogP contribution in [0.15, 0.2) is 48.1 Å².